The van der Waals surface area contributed by atoms with Crippen LogP contribution in [-0.2, 0) is 11.3 Å². The molecule has 0 radical (unpaired) electrons. The number of allylic oxidation sites excluding steroid dienone is 1. The lowest BCUT2D eigenvalue weighted by molar-refractivity contribution is -0.129. The molecule has 24 heavy (non-hydrogen) atoms. The van der Waals surface area contributed by atoms with Gasteiger partial charge in [-0.3, -0.25) is 4.79 Å². The van der Waals surface area contributed by atoms with E-state index in [4.69, 9.17) is 0 Å². The van der Waals surface area contributed by atoms with Gasteiger partial charge in [0.1, 0.15) is 0 Å². The molecule has 0 N–H and O–H groups in total. The van der Waals surface area contributed by atoms with Gasteiger partial charge in [-0.25, -0.2) is 0 Å². The van der Waals surface area contributed by atoms with E-state index in [-0.39, 0.29) is 11.9 Å². The topological polar surface area (TPSA) is 25.2 Å². The first-order valence-electron chi connectivity index (χ1n) is 8.32. The third-order valence-corrected chi connectivity index (χ3v) is 5.81. The maximum atomic E-state index is 12.9. The van der Waals surface area contributed by atoms with Crippen LogP contribution < -0.4 is 0 Å². The molecule has 122 valence electrons. The van der Waals surface area contributed by atoms with Crippen molar-refractivity contribution in [2.45, 2.75) is 24.3 Å². The zero-order chi connectivity index (χ0) is 16.4. The minimum absolute atomic E-state index is 0.101. The van der Waals surface area contributed by atoms with Crippen molar-refractivity contribution in [3.05, 3.63) is 77.5 Å². The molecule has 4 heteroatoms. The van der Waals surface area contributed by atoms with Gasteiger partial charge in [-0.1, -0.05) is 36.4 Å². The lowest BCUT2D eigenvalue weighted by Crippen LogP contribution is -2.44. The summed E-state index contributed by atoms with van der Waals surface area (Å²) in [5, 5.41) is 2.57. The Morgan fingerprint density at radius 1 is 1.12 bits per heavy atom. The summed E-state index contributed by atoms with van der Waals surface area (Å²) in [5.41, 5.74) is 2.31. The Labute approximate surface area is 146 Å². The second-order valence-corrected chi connectivity index (χ2v) is 7.28. The Bertz CT molecular complexity index is 770. The van der Waals surface area contributed by atoms with Crippen LogP contribution in [0.3, 0.4) is 0 Å². The molecule has 2 aromatic rings. The lowest BCUT2D eigenvalue weighted by Gasteiger charge is -2.39. The molecule has 0 fully saturated rings. The molecule has 1 amide bonds. The predicted octanol–water partition coefficient (Wildman–Crippen LogP) is 4.10. The summed E-state index contributed by atoms with van der Waals surface area (Å²) in [6, 6.07) is 14.4. The number of nitrogens with zero attached hydrogens (tertiary/aromatic N) is 2. The fraction of sp³-hybridized carbons (Fsp3) is 0.250. The van der Waals surface area contributed by atoms with E-state index in [1.807, 2.05) is 53.1 Å². The Kier molecular flexibility index (Phi) is 4.30. The van der Waals surface area contributed by atoms with Crippen LogP contribution in [-0.4, -0.2) is 27.2 Å². The molecule has 0 saturated carbocycles. The van der Waals surface area contributed by atoms with E-state index < -0.39 is 0 Å². The number of rotatable bonds is 3. The van der Waals surface area contributed by atoms with E-state index in [1.165, 1.54) is 5.69 Å². The highest BCUT2D eigenvalue weighted by molar-refractivity contribution is 8.03. The van der Waals surface area contributed by atoms with E-state index in [1.54, 1.807) is 6.08 Å². The molecule has 0 spiro atoms. The summed E-state index contributed by atoms with van der Waals surface area (Å²) in [4.78, 5) is 14.9. The molecule has 0 bridgehead atoms. The molecule has 1 aromatic heterocycles. The molecule has 2 unspecified atom stereocenters. The van der Waals surface area contributed by atoms with Crippen molar-refractivity contribution >= 4 is 23.7 Å². The molecule has 2 atom stereocenters. The number of carbonyl (C=O) groups excluding carboxylic acids is 1. The van der Waals surface area contributed by atoms with Crippen LogP contribution in [0.25, 0.3) is 6.08 Å². The van der Waals surface area contributed by atoms with Gasteiger partial charge in [0.2, 0.25) is 5.91 Å². The molecule has 1 aromatic carbocycles. The molecular weight excluding hydrogens is 316 g/mol. The standard InChI is InChI=1S/C20H20N2OS/c23-19(11-10-16-6-2-1-3-7-16)22-14-13-21-12-4-8-17(21)20(22)18-9-5-15-24-18/h1-8,10-12,15,18,20H,9,13-14H2/b11-10+. The maximum Gasteiger partial charge on any atom is 0.247 e. The second kappa shape index (κ2) is 6.73. The zero-order valence-corrected chi connectivity index (χ0v) is 14.2. The normalized spacial score (nSPS) is 22.9. The first-order chi connectivity index (χ1) is 11.8. The minimum Gasteiger partial charge on any atom is -0.348 e. The molecule has 4 rings (SSSR count). The van der Waals surface area contributed by atoms with Crippen molar-refractivity contribution in [2.24, 2.45) is 0 Å². The molecule has 2 aliphatic heterocycles. The van der Waals surface area contributed by atoms with Gasteiger partial charge in [-0.05, 0) is 35.6 Å². The fourth-order valence-corrected chi connectivity index (χ4v) is 4.57. The number of hydrogen-bond donors (Lipinski definition) is 0. The number of fused-ring (bicyclic) bond motifs is 1. The van der Waals surface area contributed by atoms with E-state index in [0.717, 1.165) is 25.1 Å². The van der Waals surface area contributed by atoms with E-state index in [0.29, 0.717) is 5.25 Å². The molecule has 3 nitrogen and oxygen atoms in total. The Balaban J connectivity index is 1.58. The van der Waals surface area contributed by atoms with Crippen molar-refractivity contribution < 1.29 is 4.79 Å². The molecule has 0 aliphatic carbocycles. The number of thioether (sulfide) groups is 1. The first kappa shape index (κ1) is 15.3. The van der Waals surface area contributed by atoms with Crippen molar-refractivity contribution in [1.29, 1.82) is 0 Å². The van der Waals surface area contributed by atoms with Gasteiger partial charge in [0, 0.05) is 36.3 Å². The number of amides is 1. The summed E-state index contributed by atoms with van der Waals surface area (Å²) in [6.07, 6.45) is 8.98. The van der Waals surface area contributed by atoms with Gasteiger partial charge < -0.3 is 9.47 Å². The van der Waals surface area contributed by atoms with Crippen molar-refractivity contribution in [1.82, 2.24) is 9.47 Å². The number of aromatic nitrogens is 1. The predicted molar refractivity (Wildman–Crippen MR) is 99.5 cm³/mol. The summed E-state index contributed by atoms with van der Waals surface area (Å²) in [7, 11) is 0. The number of benzene rings is 1. The van der Waals surface area contributed by atoms with Crippen LogP contribution >= 0.6 is 11.8 Å². The van der Waals surface area contributed by atoms with Gasteiger partial charge in [0.15, 0.2) is 0 Å². The van der Waals surface area contributed by atoms with Crippen LogP contribution in [0.15, 0.2) is 66.2 Å². The van der Waals surface area contributed by atoms with Crippen molar-refractivity contribution in [3.8, 4) is 0 Å². The van der Waals surface area contributed by atoms with Crippen LogP contribution in [0.4, 0.5) is 0 Å². The third-order valence-electron chi connectivity index (χ3n) is 4.66. The highest BCUT2D eigenvalue weighted by Crippen LogP contribution is 2.40. The lowest BCUT2D eigenvalue weighted by atomic mass is 10.0. The van der Waals surface area contributed by atoms with Crippen LogP contribution in [0.1, 0.15) is 23.7 Å². The molecular formula is C20H20N2OS. The Hall–Kier alpha value is -2.20. The maximum absolute atomic E-state index is 12.9. The van der Waals surface area contributed by atoms with Gasteiger partial charge in [0.05, 0.1) is 6.04 Å². The fourth-order valence-electron chi connectivity index (χ4n) is 3.48. The number of carbonyl (C=O) groups is 1. The largest absolute Gasteiger partial charge is 0.348 e. The van der Waals surface area contributed by atoms with Gasteiger partial charge >= 0.3 is 0 Å². The van der Waals surface area contributed by atoms with Crippen LogP contribution in [0.2, 0.25) is 0 Å². The van der Waals surface area contributed by atoms with E-state index in [2.05, 4.69) is 34.4 Å². The smallest absolute Gasteiger partial charge is 0.247 e. The quantitative estimate of drug-likeness (QED) is 0.788. The molecule has 2 aliphatic rings. The summed E-state index contributed by atoms with van der Waals surface area (Å²) >= 11 is 1.84. The van der Waals surface area contributed by atoms with Crippen LogP contribution in [0, 0.1) is 0 Å². The SMILES string of the molecule is O=C(/C=C/c1ccccc1)N1CCn2cccc2C1C1CC=CS1. The first-order valence-corrected chi connectivity index (χ1v) is 9.26. The summed E-state index contributed by atoms with van der Waals surface area (Å²) in [5.74, 6) is 0.101. The highest BCUT2D eigenvalue weighted by Gasteiger charge is 2.36. The number of hydrogen-bond acceptors (Lipinski definition) is 2. The average Bonchev–Trinajstić information content (AvgIpc) is 3.31. The third kappa shape index (κ3) is 2.94. The molecule has 0 saturated heterocycles. The summed E-state index contributed by atoms with van der Waals surface area (Å²) < 4.78 is 2.29. The van der Waals surface area contributed by atoms with Crippen LogP contribution in [0.5, 0.6) is 0 Å². The monoisotopic (exact) mass is 336 g/mol. The Morgan fingerprint density at radius 2 is 2.00 bits per heavy atom. The highest BCUT2D eigenvalue weighted by atomic mass is 32.2. The van der Waals surface area contributed by atoms with Crippen molar-refractivity contribution in [3.63, 3.8) is 0 Å². The zero-order valence-electron chi connectivity index (χ0n) is 13.4. The van der Waals surface area contributed by atoms with Gasteiger partial charge in [0.25, 0.3) is 0 Å². The summed E-state index contributed by atoms with van der Waals surface area (Å²) in [6.45, 7) is 1.63. The molecule has 3 heterocycles. The second-order valence-electron chi connectivity index (χ2n) is 6.13. The minimum atomic E-state index is 0.101. The van der Waals surface area contributed by atoms with Crippen molar-refractivity contribution in [2.75, 3.05) is 6.54 Å². The Morgan fingerprint density at radius 3 is 2.79 bits per heavy atom. The average molecular weight is 336 g/mol. The van der Waals surface area contributed by atoms with E-state index in [9.17, 15) is 4.79 Å². The van der Waals surface area contributed by atoms with E-state index >= 15 is 0 Å². The van der Waals surface area contributed by atoms with Gasteiger partial charge in [-0.2, -0.15) is 0 Å². The van der Waals surface area contributed by atoms with Gasteiger partial charge in [-0.15, -0.1) is 11.8 Å².